The number of benzene rings is 1. The smallest absolute Gasteiger partial charge is 0.314 e. The first-order valence-electron chi connectivity index (χ1n) is 13.8. The molecule has 0 N–H and O–H groups in total. The maximum Gasteiger partial charge on any atom is 0.314 e. The Hall–Kier alpha value is -1.84. The van der Waals surface area contributed by atoms with Crippen molar-refractivity contribution >= 4 is 5.97 Å². The fraction of sp³-hybridized carbons (Fsp3) is 0.700. The Morgan fingerprint density at radius 1 is 1.03 bits per heavy atom. The van der Waals surface area contributed by atoms with Gasteiger partial charge in [0.05, 0.1) is 5.92 Å². The summed E-state index contributed by atoms with van der Waals surface area (Å²) in [5, 5.41) is 0. The molecular formula is C30H43FO3. The van der Waals surface area contributed by atoms with Crippen LogP contribution in [0.25, 0.3) is 0 Å². The second-order valence-electron chi connectivity index (χ2n) is 11.0. The molecule has 3 aliphatic carbocycles. The zero-order valence-corrected chi connectivity index (χ0v) is 21.1. The number of hydrogen-bond acceptors (Lipinski definition) is 3. The standard InChI is InChI=1S/C30H43FO3/c1-3-5-18-33-29-17-15-25(20-28(29)31)34-30(32)27-9-6-8-24-19-23(14-16-26(24)27)22-12-10-21(7-4-2)11-13-22/h3,5,15,17,20-24,26-27H,4,6-14,16,18-19H2,1-2H3/b5-3+. The molecule has 34 heavy (non-hydrogen) atoms. The van der Waals surface area contributed by atoms with E-state index < -0.39 is 5.82 Å². The molecule has 0 saturated heterocycles. The predicted octanol–water partition coefficient (Wildman–Crippen LogP) is 8.13. The van der Waals surface area contributed by atoms with Crippen LogP contribution in [0.1, 0.15) is 90.9 Å². The summed E-state index contributed by atoms with van der Waals surface area (Å²) in [6, 6.07) is 4.46. The van der Waals surface area contributed by atoms with Gasteiger partial charge in [0.15, 0.2) is 11.6 Å². The van der Waals surface area contributed by atoms with E-state index in [2.05, 4.69) is 6.92 Å². The van der Waals surface area contributed by atoms with Gasteiger partial charge in [0, 0.05) is 6.07 Å². The average molecular weight is 471 g/mol. The van der Waals surface area contributed by atoms with E-state index in [9.17, 15) is 9.18 Å². The van der Waals surface area contributed by atoms with Crippen LogP contribution in [0.15, 0.2) is 30.4 Å². The lowest BCUT2D eigenvalue weighted by atomic mass is 9.59. The lowest BCUT2D eigenvalue weighted by Gasteiger charge is -2.46. The summed E-state index contributed by atoms with van der Waals surface area (Å²) in [6.07, 6.45) is 19.0. The van der Waals surface area contributed by atoms with Crippen molar-refractivity contribution in [2.45, 2.75) is 90.9 Å². The Morgan fingerprint density at radius 3 is 2.56 bits per heavy atom. The topological polar surface area (TPSA) is 35.5 Å². The van der Waals surface area contributed by atoms with Gasteiger partial charge in [0.2, 0.25) is 0 Å². The van der Waals surface area contributed by atoms with Crippen molar-refractivity contribution < 1.29 is 18.7 Å². The van der Waals surface area contributed by atoms with E-state index in [1.54, 1.807) is 12.1 Å². The van der Waals surface area contributed by atoms with Gasteiger partial charge >= 0.3 is 5.97 Å². The maximum absolute atomic E-state index is 14.4. The lowest BCUT2D eigenvalue weighted by Crippen LogP contribution is -2.40. The number of esters is 1. The molecule has 3 nitrogen and oxygen atoms in total. The third-order valence-electron chi connectivity index (χ3n) is 8.94. The first-order valence-corrected chi connectivity index (χ1v) is 13.8. The van der Waals surface area contributed by atoms with Gasteiger partial charge in [-0.2, -0.15) is 0 Å². The van der Waals surface area contributed by atoms with E-state index in [0.29, 0.717) is 18.4 Å². The number of carbonyl (C=O) groups excluding carboxylic acids is 1. The molecule has 4 heteroatoms. The quantitative estimate of drug-likeness (QED) is 0.219. The largest absolute Gasteiger partial charge is 0.486 e. The summed E-state index contributed by atoms with van der Waals surface area (Å²) in [4.78, 5) is 13.1. The summed E-state index contributed by atoms with van der Waals surface area (Å²) >= 11 is 0. The normalized spacial score (nSPS) is 31.7. The third-order valence-corrected chi connectivity index (χ3v) is 8.94. The first-order chi connectivity index (χ1) is 16.6. The van der Waals surface area contributed by atoms with Crippen LogP contribution in [0.5, 0.6) is 11.5 Å². The highest BCUT2D eigenvalue weighted by atomic mass is 19.1. The summed E-state index contributed by atoms with van der Waals surface area (Å²) < 4.78 is 25.5. The van der Waals surface area contributed by atoms with Crippen molar-refractivity contribution in [3.05, 3.63) is 36.2 Å². The number of allylic oxidation sites excluding steroid dienone is 1. The van der Waals surface area contributed by atoms with Gasteiger partial charge in [-0.05, 0) is 87.2 Å². The molecule has 0 bridgehead atoms. The molecule has 3 aliphatic rings. The zero-order chi connectivity index (χ0) is 23.9. The van der Waals surface area contributed by atoms with E-state index in [0.717, 1.165) is 37.0 Å². The summed E-state index contributed by atoms with van der Waals surface area (Å²) in [5.41, 5.74) is 0. The van der Waals surface area contributed by atoms with Crippen LogP contribution in [-0.4, -0.2) is 12.6 Å². The summed E-state index contributed by atoms with van der Waals surface area (Å²) in [7, 11) is 0. The molecule has 1 aromatic rings. The van der Waals surface area contributed by atoms with Crippen molar-refractivity contribution in [1.29, 1.82) is 0 Å². The van der Waals surface area contributed by atoms with Crippen molar-refractivity contribution in [3.63, 3.8) is 0 Å². The Kier molecular flexibility index (Phi) is 9.08. The molecule has 0 radical (unpaired) electrons. The van der Waals surface area contributed by atoms with Crippen LogP contribution >= 0.6 is 0 Å². The van der Waals surface area contributed by atoms with Crippen molar-refractivity contribution in [2.24, 2.45) is 35.5 Å². The van der Waals surface area contributed by atoms with Gasteiger partial charge in [0.1, 0.15) is 12.4 Å². The van der Waals surface area contributed by atoms with E-state index in [1.165, 1.54) is 63.9 Å². The average Bonchev–Trinajstić information content (AvgIpc) is 2.85. The number of rotatable bonds is 8. The minimum absolute atomic E-state index is 0.0475. The van der Waals surface area contributed by atoms with Gasteiger partial charge in [-0.1, -0.05) is 57.6 Å². The van der Waals surface area contributed by atoms with E-state index >= 15 is 0 Å². The fourth-order valence-corrected chi connectivity index (χ4v) is 7.16. The molecule has 4 unspecified atom stereocenters. The van der Waals surface area contributed by atoms with Gasteiger partial charge in [0.25, 0.3) is 0 Å². The number of fused-ring (bicyclic) bond motifs is 1. The van der Waals surface area contributed by atoms with Crippen molar-refractivity contribution in [3.8, 4) is 11.5 Å². The SMILES string of the molecule is C/C=C/COc1ccc(OC(=O)C2CCCC3CC(C4CCC(CCC)CC4)CCC32)cc1F. The van der Waals surface area contributed by atoms with Crippen LogP contribution < -0.4 is 9.47 Å². The minimum atomic E-state index is -0.495. The molecular weight excluding hydrogens is 427 g/mol. The molecule has 1 aromatic carbocycles. The van der Waals surface area contributed by atoms with E-state index in [1.807, 2.05) is 19.1 Å². The molecule has 0 heterocycles. The molecule has 4 rings (SSSR count). The third kappa shape index (κ3) is 6.23. The number of ether oxygens (including phenoxy) is 2. The second-order valence-corrected chi connectivity index (χ2v) is 11.0. The first kappa shape index (κ1) is 25.3. The Morgan fingerprint density at radius 2 is 1.82 bits per heavy atom. The molecule has 4 atom stereocenters. The Labute approximate surface area is 205 Å². The van der Waals surface area contributed by atoms with E-state index in [4.69, 9.17) is 9.47 Å². The summed E-state index contributed by atoms with van der Waals surface area (Å²) in [6.45, 7) is 4.52. The molecule has 3 saturated carbocycles. The van der Waals surface area contributed by atoms with Crippen LogP contribution in [0, 0.1) is 41.3 Å². The van der Waals surface area contributed by atoms with Gasteiger partial charge in [-0.15, -0.1) is 0 Å². The molecule has 0 spiro atoms. The molecule has 3 fully saturated rings. The van der Waals surface area contributed by atoms with Crippen LogP contribution in [0.4, 0.5) is 4.39 Å². The molecule has 188 valence electrons. The highest BCUT2D eigenvalue weighted by Gasteiger charge is 2.43. The minimum Gasteiger partial charge on any atom is -0.486 e. The highest BCUT2D eigenvalue weighted by Crippen LogP contribution is 2.50. The van der Waals surface area contributed by atoms with Crippen LogP contribution in [0.2, 0.25) is 0 Å². The molecule has 0 aromatic heterocycles. The van der Waals surface area contributed by atoms with E-state index in [-0.39, 0.29) is 23.4 Å². The lowest BCUT2D eigenvalue weighted by molar-refractivity contribution is -0.144. The predicted molar refractivity (Wildman–Crippen MR) is 134 cm³/mol. The number of carbonyl (C=O) groups is 1. The monoisotopic (exact) mass is 470 g/mol. The molecule has 0 aliphatic heterocycles. The van der Waals surface area contributed by atoms with Crippen LogP contribution in [-0.2, 0) is 4.79 Å². The Balaban J connectivity index is 1.31. The highest BCUT2D eigenvalue weighted by molar-refractivity contribution is 5.75. The second kappa shape index (κ2) is 12.2. The molecule has 0 amide bonds. The fourth-order valence-electron chi connectivity index (χ4n) is 7.16. The van der Waals surface area contributed by atoms with Crippen molar-refractivity contribution in [1.82, 2.24) is 0 Å². The van der Waals surface area contributed by atoms with Crippen LogP contribution in [0.3, 0.4) is 0 Å². The number of halogens is 1. The van der Waals surface area contributed by atoms with Gasteiger partial charge in [-0.3, -0.25) is 4.79 Å². The Bertz CT molecular complexity index is 826. The zero-order valence-electron chi connectivity index (χ0n) is 21.1. The van der Waals surface area contributed by atoms with Gasteiger partial charge in [-0.25, -0.2) is 4.39 Å². The van der Waals surface area contributed by atoms with Crippen molar-refractivity contribution in [2.75, 3.05) is 6.61 Å². The number of hydrogen-bond donors (Lipinski definition) is 0. The summed E-state index contributed by atoms with van der Waals surface area (Å²) in [5.74, 6) is 3.54. The van der Waals surface area contributed by atoms with Gasteiger partial charge < -0.3 is 9.47 Å². The maximum atomic E-state index is 14.4.